The Morgan fingerprint density at radius 1 is 0.732 bits per heavy atom. The Morgan fingerprint density at radius 3 is 1.49 bits per heavy atom. The molecule has 2 amide bonds. The van der Waals surface area contributed by atoms with E-state index in [2.05, 4.69) is 59.2 Å². The lowest BCUT2D eigenvalue weighted by molar-refractivity contribution is -0.126. The van der Waals surface area contributed by atoms with Crippen LogP contribution in [-0.2, 0) is 32.6 Å². The number of hydrogen-bond acceptors (Lipinski definition) is 6. The number of nitrogens with one attached hydrogen (secondary N) is 2. The summed E-state index contributed by atoms with van der Waals surface area (Å²) < 4.78 is 30.0. The second-order valence-electron chi connectivity index (χ2n) is 10.7. The molecule has 0 spiro atoms. The summed E-state index contributed by atoms with van der Waals surface area (Å²) in [7, 11) is -3.76. The van der Waals surface area contributed by atoms with E-state index >= 15 is 0 Å². The molecule has 41 heavy (non-hydrogen) atoms. The molecule has 2 aliphatic heterocycles. The molecular formula is C30H42N4O4S3. The molecule has 0 unspecified atom stereocenters. The van der Waals surface area contributed by atoms with E-state index in [0.29, 0.717) is 51.9 Å². The minimum absolute atomic E-state index is 0.0929. The largest absolute Gasteiger partial charge is 0.355 e. The molecule has 0 saturated carbocycles. The molecule has 2 fully saturated rings. The SMILES string of the molecule is CSc1ccc(CCNC(=O)[C@@H]2CCCN(S(=O)(=O)N3CCC[C@@H](C(=O)NCCc4ccc(SC)cc4)C3)C2)cc1. The number of thioether (sulfide) groups is 2. The molecule has 2 saturated heterocycles. The van der Waals surface area contributed by atoms with Crippen molar-refractivity contribution in [3.63, 3.8) is 0 Å². The standard InChI is InChI=1S/C30H42N4O4S3/c1-39-27-11-7-23(8-12-27)15-17-31-29(35)25-5-3-19-33(21-25)41(37,38)34-20-4-6-26(22-34)30(36)32-18-16-24-9-13-28(40-2)14-10-24/h7-14,25-26H,3-6,15-22H2,1-2H3,(H,31,35)(H,32,36)/t25-,26-/m1/s1. The van der Waals surface area contributed by atoms with Crippen LogP contribution in [-0.4, -0.2) is 80.6 Å². The van der Waals surface area contributed by atoms with Gasteiger partial charge >= 0.3 is 0 Å². The highest BCUT2D eigenvalue weighted by Gasteiger charge is 2.39. The maximum atomic E-state index is 13.6. The zero-order chi connectivity index (χ0) is 29.2. The number of hydrogen-bond donors (Lipinski definition) is 2. The van der Waals surface area contributed by atoms with Crippen molar-refractivity contribution in [3.05, 3.63) is 59.7 Å². The van der Waals surface area contributed by atoms with Crippen molar-refractivity contribution >= 4 is 45.5 Å². The zero-order valence-electron chi connectivity index (χ0n) is 24.0. The van der Waals surface area contributed by atoms with Gasteiger partial charge in [-0.2, -0.15) is 17.0 Å². The van der Waals surface area contributed by atoms with Crippen LogP contribution >= 0.6 is 23.5 Å². The fourth-order valence-electron chi connectivity index (χ4n) is 5.43. The van der Waals surface area contributed by atoms with Gasteiger partial charge in [-0.1, -0.05) is 24.3 Å². The first kappa shape index (κ1) is 31.9. The predicted molar refractivity (Wildman–Crippen MR) is 167 cm³/mol. The van der Waals surface area contributed by atoms with E-state index in [1.165, 1.54) is 18.4 Å². The fraction of sp³-hybridized carbons (Fsp3) is 0.533. The minimum Gasteiger partial charge on any atom is -0.355 e. The highest BCUT2D eigenvalue weighted by atomic mass is 32.2. The average Bonchev–Trinajstić information content (AvgIpc) is 3.01. The van der Waals surface area contributed by atoms with Crippen LogP contribution in [0.1, 0.15) is 36.8 Å². The van der Waals surface area contributed by atoms with E-state index in [4.69, 9.17) is 0 Å². The highest BCUT2D eigenvalue weighted by Crippen LogP contribution is 2.26. The van der Waals surface area contributed by atoms with Gasteiger partial charge in [0.2, 0.25) is 11.8 Å². The summed E-state index contributed by atoms with van der Waals surface area (Å²) in [5, 5.41) is 6.01. The molecule has 0 radical (unpaired) electrons. The van der Waals surface area contributed by atoms with Crippen molar-refractivity contribution in [1.82, 2.24) is 19.2 Å². The van der Waals surface area contributed by atoms with Gasteiger partial charge in [0.05, 0.1) is 11.8 Å². The van der Waals surface area contributed by atoms with E-state index in [1.807, 2.05) is 12.5 Å². The lowest BCUT2D eigenvalue weighted by atomic mass is 9.98. The van der Waals surface area contributed by atoms with Gasteiger partial charge in [0.15, 0.2) is 0 Å². The Labute approximate surface area is 253 Å². The predicted octanol–water partition coefficient (Wildman–Crippen LogP) is 3.82. The number of rotatable bonds is 12. The third-order valence-corrected chi connectivity index (χ3v) is 11.4. The Hall–Kier alpha value is -2.05. The molecule has 8 nitrogen and oxygen atoms in total. The zero-order valence-corrected chi connectivity index (χ0v) is 26.5. The summed E-state index contributed by atoms with van der Waals surface area (Å²) in [5.41, 5.74) is 2.31. The number of amides is 2. The number of nitrogens with zero attached hydrogens (tertiary/aromatic N) is 2. The quantitative estimate of drug-likeness (QED) is 0.351. The lowest BCUT2D eigenvalue weighted by Crippen LogP contribution is -2.54. The summed E-state index contributed by atoms with van der Waals surface area (Å²) in [5.74, 6) is -0.924. The van der Waals surface area contributed by atoms with Crippen LogP contribution in [0, 0.1) is 11.8 Å². The van der Waals surface area contributed by atoms with E-state index in [0.717, 1.165) is 24.0 Å². The van der Waals surface area contributed by atoms with Crippen LogP contribution < -0.4 is 10.6 Å². The summed E-state index contributed by atoms with van der Waals surface area (Å²) >= 11 is 3.39. The first-order chi connectivity index (χ1) is 19.8. The topological polar surface area (TPSA) is 98.8 Å². The third kappa shape index (κ3) is 8.97. The molecule has 2 N–H and O–H groups in total. The molecule has 224 valence electrons. The second kappa shape index (κ2) is 15.4. The van der Waals surface area contributed by atoms with Crippen molar-refractivity contribution in [2.24, 2.45) is 11.8 Å². The molecule has 0 aromatic heterocycles. The fourth-order valence-corrected chi connectivity index (χ4v) is 8.03. The number of piperidine rings is 2. The highest BCUT2D eigenvalue weighted by molar-refractivity contribution is 7.98. The number of benzene rings is 2. The normalized spacial score (nSPS) is 20.4. The summed E-state index contributed by atoms with van der Waals surface area (Å²) in [4.78, 5) is 28.2. The first-order valence-electron chi connectivity index (χ1n) is 14.4. The van der Waals surface area contributed by atoms with Crippen LogP contribution in [0.15, 0.2) is 58.3 Å². The average molecular weight is 619 g/mol. The van der Waals surface area contributed by atoms with Crippen molar-refractivity contribution in [3.8, 4) is 0 Å². The molecule has 2 heterocycles. The molecule has 0 bridgehead atoms. The maximum absolute atomic E-state index is 13.6. The van der Waals surface area contributed by atoms with E-state index in [9.17, 15) is 18.0 Å². The molecule has 11 heteroatoms. The molecule has 2 aromatic rings. The Balaban J connectivity index is 1.24. The van der Waals surface area contributed by atoms with Crippen molar-refractivity contribution in [1.29, 1.82) is 0 Å². The van der Waals surface area contributed by atoms with Gasteiger partial charge in [0.1, 0.15) is 0 Å². The van der Waals surface area contributed by atoms with Gasteiger partial charge in [-0.3, -0.25) is 9.59 Å². The monoisotopic (exact) mass is 618 g/mol. The molecular weight excluding hydrogens is 577 g/mol. The van der Waals surface area contributed by atoms with Gasteiger partial charge in [0, 0.05) is 49.1 Å². The van der Waals surface area contributed by atoms with E-state index in [-0.39, 0.29) is 36.7 Å². The second-order valence-corrected chi connectivity index (χ2v) is 14.4. The Morgan fingerprint density at radius 2 is 1.12 bits per heavy atom. The molecule has 2 aromatic carbocycles. The van der Waals surface area contributed by atoms with Gasteiger partial charge in [-0.15, -0.1) is 23.5 Å². The number of carbonyl (C=O) groups is 2. The maximum Gasteiger partial charge on any atom is 0.282 e. The van der Waals surface area contributed by atoms with E-state index in [1.54, 1.807) is 23.5 Å². The van der Waals surface area contributed by atoms with Crippen LogP contribution in [0.5, 0.6) is 0 Å². The van der Waals surface area contributed by atoms with Gasteiger partial charge < -0.3 is 10.6 Å². The molecule has 2 atom stereocenters. The van der Waals surface area contributed by atoms with Crippen LogP contribution in [0.25, 0.3) is 0 Å². The summed E-state index contributed by atoms with van der Waals surface area (Å²) in [6.45, 7) is 2.20. The van der Waals surface area contributed by atoms with Crippen molar-refractivity contribution in [2.45, 2.75) is 48.3 Å². The van der Waals surface area contributed by atoms with Crippen LogP contribution in [0.3, 0.4) is 0 Å². The first-order valence-corrected chi connectivity index (χ1v) is 18.2. The van der Waals surface area contributed by atoms with E-state index < -0.39 is 10.2 Å². The summed E-state index contributed by atoms with van der Waals surface area (Å²) in [6, 6.07) is 16.6. The van der Waals surface area contributed by atoms with Gasteiger partial charge in [-0.25, -0.2) is 0 Å². The molecule has 0 aliphatic carbocycles. The number of carbonyl (C=O) groups excluding carboxylic acids is 2. The molecule has 4 rings (SSSR count). The molecule has 2 aliphatic rings. The smallest absolute Gasteiger partial charge is 0.282 e. The summed E-state index contributed by atoms with van der Waals surface area (Å²) in [6.07, 6.45) is 8.17. The van der Waals surface area contributed by atoms with Crippen LogP contribution in [0.4, 0.5) is 0 Å². The Bertz CT molecular complexity index is 1160. The van der Waals surface area contributed by atoms with Crippen molar-refractivity contribution in [2.75, 3.05) is 51.8 Å². The van der Waals surface area contributed by atoms with Gasteiger partial charge in [0.25, 0.3) is 10.2 Å². The lowest BCUT2D eigenvalue weighted by Gasteiger charge is -2.38. The van der Waals surface area contributed by atoms with Crippen molar-refractivity contribution < 1.29 is 18.0 Å². The Kier molecular flexibility index (Phi) is 12.0. The minimum atomic E-state index is -3.76. The third-order valence-electron chi connectivity index (χ3n) is 7.91. The van der Waals surface area contributed by atoms with Gasteiger partial charge in [-0.05, 0) is 86.4 Å². The van der Waals surface area contributed by atoms with Crippen LogP contribution in [0.2, 0.25) is 0 Å².